The fourth-order valence-electron chi connectivity index (χ4n) is 0.595. The fourth-order valence-corrected chi connectivity index (χ4v) is 1.22. The van der Waals surface area contributed by atoms with Crippen molar-refractivity contribution in [1.82, 2.24) is 4.37 Å². The third-order valence-corrected chi connectivity index (χ3v) is 1.95. The first-order valence-electron chi connectivity index (χ1n) is 3.00. The van der Waals surface area contributed by atoms with Crippen molar-refractivity contribution in [2.24, 2.45) is 5.73 Å². The van der Waals surface area contributed by atoms with Crippen molar-refractivity contribution < 1.29 is 5.11 Å². The number of nitrogens with zero attached hydrogens (tertiary/aromatic N) is 1. The van der Waals surface area contributed by atoms with Crippen LogP contribution in [-0.2, 0) is 5.60 Å². The molecule has 0 spiro atoms. The zero-order chi connectivity index (χ0) is 7.61. The summed E-state index contributed by atoms with van der Waals surface area (Å²) in [5.41, 5.74) is 5.01. The van der Waals surface area contributed by atoms with E-state index >= 15 is 0 Å². The van der Waals surface area contributed by atoms with Gasteiger partial charge < -0.3 is 10.8 Å². The van der Waals surface area contributed by atoms with E-state index in [1.54, 1.807) is 13.0 Å². The normalized spacial score (nSPS) is 16.7. The molecule has 0 fully saturated rings. The zero-order valence-electron chi connectivity index (χ0n) is 5.74. The monoisotopic (exact) mass is 158 g/mol. The van der Waals surface area contributed by atoms with Crippen LogP contribution >= 0.6 is 11.5 Å². The maximum absolute atomic E-state index is 9.50. The van der Waals surface area contributed by atoms with Crippen LogP contribution in [-0.4, -0.2) is 16.0 Å². The number of nitrogens with two attached hydrogens (primary N) is 1. The number of aromatic nitrogens is 1. The maximum atomic E-state index is 9.50. The summed E-state index contributed by atoms with van der Waals surface area (Å²) in [5, 5.41) is 11.3. The van der Waals surface area contributed by atoms with Gasteiger partial charge in [0, 0.05) is 11.9 Å². The van der Waals surface area contributed by atoms with Crippen LogP contribution in [0, 0.1) is 0 Å². The summed E-state index contributed by atoms with van der Waals surface area (Å²) in [6.45, 7) is 1.86. The highest BCUT2D eigenvalue weighted by Crippen LogP contribution is 2.17. The Kier molecular flexibility index (Phi) is 2.03. The predicted octanol–water partition coefficient (Wildman–Crippen LogP) is 0.309. The number of aliphatic hydroxyl groups is 1. The summed E-state index contributed by atoms with van der Waals surface area (Å²) >= 11 is 1.32. The lowest BCUT2D eigenvalue weighted by atomic mass is 10.0. The highest BCUT2D eigenvalue weighted by Gasteiger charge is 2.22. The second-order valence-corrected chi connectivity index (χ2v) is 3.03. The van der Waals surface area contributed by atoms with Crippen LogP contribution in [0.15, 0.2) is 11.4 Å². The summed E-state index contributed by atoms with van der Waals surface area (Å²) in [7, 11) is 0. The molecule has 1 unspecified atom stereocenters. The van der Waals surface area contributed by atoms with Gasteiger partial charge in [-0.2, -0.15) is 4.37 Å². The average Bonchev–Trinajstić information content (AvgIpc) is 2.38. The Morgan fingerprint density at radius 3 is 3.00 bits per heavy atom. The van der Waals surface area contributed by atoms with Gasteiger partial charge in [-0.15, -0.1) is 0 Å². The summed E-state index contributed by atoms with van der Waals surface area (Å²) < 4.78 is 3.97. The summed E-state index contributed by atoms with van der Waals surface area (Å²) in [4.78, 5) is 0. The zero-order valence-corrected chi connectivity index (χ0v) is 6.56. The van der Waals surface area contributed by atoms with Gasteiger partial charge in [0.2, 0.25) is 0 Å². The van der Waals surface area contributed by atoms with Crippen molar-refractivity contribution >= 4 is 11.5 Å². The summed E-state index contributed by atoms with van der Waals surface area (Å²) in [6, 6.07) is 1.78. The standard InChI is InChI=1S/C6H10N2OS/c1-6(9,4-7)5-2-3-10-8-5/h2-3,9H,4,7H2,1H3. The van der Waals surface area contributed by atoms with E-state index in [1.165, 1.54) is 11.5 Å². The molecule has 1 aromatic rings. The molecule has 0 aliphatic rings. The van der Waals surface area contributed by atoms with E-state index in [-0.39, 0.29) is 6.54 Å². The van der Waals surface area contributed by atoms with E-state index in [0.717, 1.165) is 0 Å². The van der Waals surface area contributed by atoms with Gasteiger partial charge in [0.25, 0.3) is 0 Å². The van der Waals surface area contributed by atoms with Crippen LogP contribution in [0.5, 0.6) is 0 Å². The first-order chi connectivity index (χ1) is 4.67. The van der Waals surface area contributed by atoms with Crippen molar-refractivity contribution in [1.29, 1.82) is 0 Å². The van der Waals surface area contributed by atoms with E-state index in [0.29, 0.717) is 5.69 Å². The topological polar surface area (TPSA) is 59.1 Å². The second-order valence-electron chi connectivity index (χ2n) is 2.36. The molecule has 0 saturated heterocycles. The van der Waals surface area contributed by atoms with Gasteiger partial charge in [-0.3, -0.25) is 0 Å². The minimum absolute atomic E-state index is 0.205. The van der Waals surface area contributed by atoms with Crippen LogP contribution in [0.25, 0.3) is 0 Å². The van der Waals surface area contributed by atoms with Crippen molar-refractivity contribution in [3.8, 4) is 0 Å². The molecule has 1 rings (SSSR count). The van der Waals surface area contributed by atoms with Crippen molar-refractivity contribution in [3.05, 3.63) is 17.1 Å². The molecule has 0 aliphatic carbocycles. The van der Waals surface area contributed by atoms with Crippen LogP contribution in [0.2, 0.25) is 0 Å². The summed E-state index contributed by atoms with van der Waals surface area (Å²) in [5.74, 6) is 0. The van der Waals surface area contributed by atoms with Gasteiger partial charge in [-0.25, -0.2) is 0 Å². The number of hydrogen-bond acceptors (Lipinski definition) is 4. The lowest BCUT2D eigenvalue weighted by Gasteiger charge is -2.17. The predicted molar refractivity (Wildman–Crippen MR) is 40.7 cm³/mol. The Morgan fingerprint density at radius 1 is 1.90 bits per heavy atom. The van der Waals surface area contributed by atoms with E-state index in [1.807, 2.05) is 5.38 Å². The molecule has 1 atom stereocenters. The molecule has 0 radical (unpaired) electrons. The lowest BCUT2D eigenvalue weighted by Crippen LogP contribution is -2.31. The van der Waals surface area contributed by atoms with Gasteiger partial charge in [0.1, 0.15) is 5.60 Å². The molecule has 0 aromatic carbocycles. The van der Waals surface area contributed by atoms with E-state index < -0.39 is 5.60 Å². The van der Waals surface area contributed by atoms with Crippen LogP contribution in [0.4, 0.5) is 0 Å². The highest BCUT2D eigenvalue weighted by atomic mass is 32.1. The second kappa shape index (κ2) is 2.65. The fraction of sp³-hybridized carbons (Fsp3) is 0.500. The quantitative estimate of drug-likeness (QED) is 0.651. The van der Waals surface area contributed by atoms with Gasteiger partial charge in [0.05, 0.1) is 5.69 Å². The molecule has 3 nitrogen and oxygen atoms in total. The third-order valence-electron chi connectivity index (χ3n) is 1.39. The molecule has 0 saturated carbocycles. The molecular formula is C6H10N2OS. The Morgan fingerprint density at radius 2 is 2.60 bits per heavy atom. The minimum Gasteiger partial charge on any atom is -0.382 e. The van der Waals surface area contributed by atoms with Crippen molar-refractivity contribution in [2.75, 3.05) is 6.54 Å². The van der Waals surface area contributed by atoms with Gasteiger partial charge in [-0.05, 0) is 24.5 Å². The Balaban J connectivity index is 2.85. The number of hydrogen-bond donors (Lipinski definition) is 2. The minimum atomic E-state index is -0.958. The molecule has 3 N–H and O–H groups in total. The lowest BCUT2D eigenvalue weighted by molar-refractivity contribution is 0.0632. The van der Waals surface area contributed by atoms with Gasteiger partial charge >= 0.3 is 0 Å². The molecule has 0 aliphatic heterocycles. The van der Waals surface area contributed by atoms with E-state index in [9.17, 15) is 5.11 Å². The first-order valence-corrected chi connectivity index (χ1v) is 3.84. The van der Waals surface area contributed by atoms with Crippen molar-refractivity contribution in [2.45, 2.75) is 12.5 Å². The average molecular weight is 158 g/mol. The van der Waals surface area contributed by atoms with Crippen molar-refractivity contribution in [3.63, 3.8) is 0 Å². The van der Waals surface area contributed by atoms with E-state index in [2.05, 4.69) is 4.37 Å². The Hall–Kier alpha value is -0.450. The largest absolute Gasteiger partial charge is 0.382 e. The Bertz CT molecular complexity index is 196. The Labute approximate surface area is 63.7 Å². The SMILES string of the molecule is CC(O)(CN)c1ccsn1. The van der Waals surface area contributed by atoms with Gasteiger partial charge in [-0.1, -0.05) is 0 Å². The highest BCUT2D eigenvalue weighted by molar-refractivity contribution is 7.03. The molecule has 56 valence electrons. The van der Waals surface area contributed by atoms with Crippen LogP contribution in [0.3, 0.4) is 0 Å². The molecular weight excluding hydrogens is 148 g/mol. The molecule has 1 heterocycles. The van der Waals surface area contributed by atoms with Gasteiger partial charge in [0.15, 0.2) is 0 Å². The maximum Gasteiger partial charge on any atom is 0.117 e. The first kappa shape index (κ1) is 7.65. The van der Waals surface area contributed by atoms with E-state index in [4.69, 9.17) is 5.73 Å². The molecule has 0 amide bonds. The molecule has 0 bridgehead atoms. The molecule has 4 heteroatoms. The third kappa shape index (κ3) is 1.34. The van der Waals surface area contributed by atoms with Crippen LogP contribution in [0.1, 0.15) is 12.6 Å². The number of rotatable bonds is 2. The molecule has 10 heavy (non-hydrogen) atoms. The van der Waals surface area contributed by atoms with Crippen LogP contribution < -0.4 is 5.73 Å². The molecule has 1 aromatic heterocycles. The summed E-state index contributed by atoms with van der Waals surface area (Å²) in [6.07, 6.45) is 0. The smallest absolute Gasteiger partial charge is 0.117 e.